The van der Waals surface area contributed by atoms with Gasteiger partial charge in [0.15, 0.2) is 0 Å². The predicted octanol–water partition coefficient (Wildman–Crippen LogP) is 9.76. The number of hydrogen-bond acceptors (Lipinski definition) is 1. The summed E-state index contributed by atoms with van der Waals surface area (Å²) in [5, 5.41) is 8.75. The lowest BCUT2D eigenvalue weighted by Crippen LogP contribution is -1.85. The van der Waals surface area contributed by atoms with Crippen molar-refractivity contribution in [3.63, 3.8) is 0 Å². The molecule has 0 saturated carbocycles. The summed E-state index contributed by atoms with van der Waals surface area (Å²) < 4.78 is 0. The van der Waals surface area contributed by atoms with Crippen LogP contribution in [-0.2, 0) is 0 Å². The van der Waals surface area contributed by atoms with Crippen molar-refractivity contribution < 1.29 is 5.11 Å². The second-order valence-corrected chi connectivity index (χ2v) is 9.56. The summed E-state index contributed by atoms with van der Waals surface area (Å²) >= 11 is 0. The lowest BCUT2D eigenvalue weighted by atomic mass is 10.0. The summed E-state index contributed by atoms with van der Waals surface area (Å²) in [6.07, 6.45) is 37.1. The Balaban J connectivity index is 0. The third-order valence-electron chi connectivity index (χ3n) is 6.51. The fraction of sp³-hybridized carbons (Fsp3) is 1.00. The van der Waals surface area contributed by atoms with Crippen LogP contribution in [-0.4, -0.2) is 29.1 Å². The Morgan fingerprint density at radius 1 is 0.300 bits per heavy atom. The molecule has 0 heterocycles. The maximum Gasteiger partial charge on any atom is 0.0431 e. The monoisotopic (exact) mass is 437 g/mol. The Kier molecular flexibility index (Phi) is 34.5. The highest BCUT2D eigenvalue weighted by molar-refractivity contribution is 5.75. The minimum absolute atomic E-state index is 0. The molecule has 0 aromatic heterocycles. The van der Waals surface area contributed by atoms with Gasteiger partial charge in [0.1, 0.15) is 0 Å². The Morgan fingerprint density at radius 2 is 0.467 bits per heavy atom. The van der Waals surface area contributed by atoms with E-state index in [0.29, 0.717) is 6.61 Å². The van der Waals surface area contributed by atoms with E-state index in [1.807, 2.05) is 0 Å². The van der Waals surface area contributed by atoms with Gasteiger partial charge in [0.05, 0.1) is 0 Å². The van der Waals surface area contributed by atoms with Gasteiger partial charge < -0.3 is 5.11 Å². The lowest BCUT2D eigenvalue weighted by Gasteiger charge is -2.04. The average Bonchev–Trinajstić information content (AvgIpc) is 2.74. The van der Waals surface area contributed by atoms with E-state index >= 15 is 0 Å². The molecule has 30 heavy (non-hydrogen) atoms. The van der Waals surface area contributed by atoms with Gasteiger partial charge >= 0.3 is 0 Å². The minimum Gasteiger partial charge on any atom is -0.396 e. The van der Waals surface area contributed by atoms with Gasteiger partial charge in [-0.1, -0.05) is 167 Å². The van der Waals surface area contributed by atoms with Crippen molar-refractivity contribution in [2.75, 3.05) is 6.61 Å². The van der Waals surface area contributed by atoms with Crippen LogP contribution in [0.4, 0.5) is 0 Å². The first-order valence-corrected chi connectivity index (χ1v) is 14.0. The molecule has 0 bridgehead atoms. The maximum atomic E-state index is 8.75. The van der Waals surface area contributed by atoms with Gasteiger partial charge in [-0.2, -0.15) is 0 Å². The molecule has 0 aliphatic rings. The quantitative estimate of drug-likeness (QED) is 0.105. The highest BCUT2D eigenvalue weighted by Gasteiger charge is 1.96. The van der Waals surface area contributed by atoms with E-state index in [9.17, 15) is 0 Å². The molecule has 0 rings (SSSR count). The zero-order chi connectivity index (χ0) is 21.1. The molecule has 2 heteroatoms. The van der Waals surface area contributed by atoms with Crippen molar-refractivity contribution in [1.29, 1.82) is 0 Å². The van der Waals surface area contributed by atoms with Crippen LogP contribution in [0.1, 0.15) is 174 Å². The first kappa shape index (κ1) is 32.7. The third-order valence-corrected chi connectivity index (χ3v) is 6.51. The standard InChI is InChI=1S/C28H58O.Al/c1-2-3-4-5-6-7-8-9-10-11-12-13-14-15-16-17-18-19-20-21-22-23-24-25-26-27-28-29;/h29H,2-28H2,1H3;. The average molecular weight is 438 g/mol. The van der Waals surface area contributed by atoms with E-state index in [4.69, 9.17) is 5.11 Å². The molecule has 0 fully saturated rings. The topological polar surface area (TPSA) is 20.2 Å². The molecule has 0 aliphatic heterocycles. The highest BCUT2D eigenvalue weighted by atomic mass is 27.0. The van der Waals surface area contributed by atoms with Crippen molar-refractivity contribution in [3.8, 4) is 0 Å². The van der Waals surface area contributed by atoms with Crippen molar-refractivity contribution in [2.24, 2.45) is 0 Å². The molecule has 0 amide bonds. The zero-order valence-electron chi connectivity index (χ0n) is 21.1. The van der Waals surface area contributed by atoms with Crippen molar-refractivity contribution in [1.82, 2.24) is 0 Å². The molecule has 0 saturated heterocycles. The van der Waals surface area contributed by atoms with Gasteiger partial charge in [0.2, 0.25) is 0 Å². The van der Waals surface area contributed by atoms with Crippen molar-refractivity contribution in [3.05, 3.63) is 0 Å². The molecule has 0 spiro atoms. The summed E-state index contributed by atoms with van der Waals surface area (Å²) in [5.74, 6) is 0. The molecule has 0 aromatic carbocycles. The fourth-order valence-electron chi connectivity index (χ4n) is 4.43. The van der Waals surface area contributed by atoms with Gasteiger partial charge in [-0.3, -0.25) is 0 Å². The van der Waals surface area contributed by atoms with E-state index in [0.717, 1.165) is 6.42 Å². The largest absolute Gasteiger partial charge is 0.396 e. The Labute approximate surface area is 202 Å². The number of unbranched alkanes of at least 4 members (excludes halogenated alkanes) is 25. The van der Waals surface area contributed by atoms with Crippen LogP contribution in [0.2, 0.25) is 0 Å². The Bertz CT molecular complexity index is 243. The van der Waals surface area contributed by atoms with Gasteiger partial charge in [-0.25, -0.2) is 0 Å². The lowest BCUT2D eigenvalue weighted by molar-refractivity contribution is 0.282. The Morgan fingerprint density at radius 3 is 0.633 bits per heavy atom. The summed E-state index contributed by atoms with van der Waals surface area (Å²) in [6, 6.07) is 0. The van der Waals surface area contributed by atoms with Crippen LogP contribution in [0, 0.1) is 0 Å². The minimum atomic E-state index is 0. The smallest absolute Gasteiger partial charge is 0.0431 e. The van der Waals surface area contributed by atoms with Crippen LogP contribution in [0.5, 0.6) is 0 Å². The normalized spacial score (nSPS) is 11.0. The molecular formula is C28H58AlO. The first-order chi connectivity index (χ1) is 14.4. The van der Waals surface area contributed by atoms with Crippen LogP contribution in [0.3, 0.4) is 0 Å². The number of aliphatic hydroxyl groups is 1. The van der Waals surface area contributed by atoms with Crippen molar-refractivity contribution in [2.45, 2.75) is 174 Å². The molecular weight excluding hydrogens is 379 g/mol. The van der Waals surface area contributed by atoms with E-state index in [-0.39, 0.29) is 17.4 Å². The van der Waals surface area contributed by atoms with Crippen molar-refractivity contribution >= 4 is 17.4 Å². The molecule has 1 nitrogen and oxygen atoms in total. The van der Waals surface area contributed by atoms with Gasteiger partial charge in [-0.05, 0) is 6.42 Å². The number of rotatable bonds is 26. The molecule has 0 aromatic rings. The maximum absolute atomic E-state index is 8.75. The second kappa shape index (κ2) is 31.7. The molecule has 3 radical (unpaired) electrons. The zero-order valence-corrected chi connectivity index (χ0v) is 22.3. The molecule has 1 N–H and O–H groups in total. The Hall–Kier alpha value is 0.492. The summed E-state index contributed by atoms with van der Waals surface area (Å²) in [4.78, 5) is 0. The molecule has 0 aliphatic carbocycles. The first-order valence-electron chi connectivity index (χ1n) is 14.0. The SMILES string of the molecule is CCCCCCCCCCCCCCCCCCCCCCCCCCCCO.[Al]. The van der Waals surface area contributed by atoms with E-state index < -0.39 is 0 Å². The second-order valence-electron chi connectivity index (χ2n) is 9.56. The highest BCUT2D eigenvalue weighted by Crippen LogP contribution is 2.15. The van der Waals surface area contributed by atoms with Crippen LogP contribution >= 0.6 is 0 Å². The summed E-state index contributed by atoms with van der Waals surface area (Å²) in [5.41, 5.74) is 0. The van der Waals surface area contributed by atoms with E-state index in [1.165, 1.54) is 161 Å². The van der Waals surface area contributed by atoms with Crippen LogP contribution in [0.25, 0.3) is 0 Å². The third kappa shape index (κ3) is 30.7. The van der Waals surface area contributed by atoms with Gasteiger partial charge in [0.25, 0.3) is 0 Å². The predicted molar refractivity (Wildman–Crippen MR) is 139 cm³/mol. The molecule has 0 unspecified atom stereocenters. The van der Waals surface area contributed by atoms with E-state index in [1.54, 1.807) is 0 Å². The van der Waals surface area contributed by atoms with Gasteiger partial charge in [-0.15, -0.1) is 0 Å². The summed E-state index contributed by atoms with van der Waals surface area (Å²) in [7, 11) is 0. The van der Waals surface area contributed by atoms with Gasteiger partial charge in [0, 0.05) is 24.0 Å². The molecule has 0 atom stereocenters. The fourth-order valence-corrected chi connectivity index (χ4v) is 4.43. The van der Waals surface area contributed by atoms with Crippen LogP contribution in [0.15, 0.2) is 0 Å². The number of aliphatic hydroxyl groups excluding tert-OH is 1. The number of hydrogen-bond donors (Lipinski definition) is 1. The molecule has 179 valence electrons. The summed E-state index contributed by atoms with van der Waals surface area (Å²) in [6.45, 7) is 2.67. The van der Waals surface area contributed by atoms with E-state index in [2.05, 4.69) is 6.92 Å². The van der Waals surface area contributed by atoms with Crippen LogP contribution < -0.4 is 0 Å².